The van der Waals surface area contributed by atoms with Crippen LogP contribution in [0.2, 0.25) is 5.15 Å². The molecular formula is C12H16ClN3O3. The molecule has 1 fully saturated rings. The number of esters is 1. The van der Waals surface area contributed by atoms with Gasteiger partial charge in [-0.3, -0.25) is 0 Å². The number of anilines is 1. The van der Waals surface area contributed by atoms with Crippen molar-refractivity contribution in [3.05, 3.63) is 17.0 Å². The number of aliphatic hydroxyl groups excluding tert-OH is 1. The summed E-state index contributed by atoms with van der Waals surface area (Å²) < 4.78 is 4.68. The summed E-state index contributed by atoms with van der Waals surface area (Å²) in [5, 5.41) is 12.7. The Morgan fingerprint density at radius 1 is 1.42 bits per heavy atom. The second-order valence-corrected chi connectivity index (χ2v) is 4.89. The molecular weight excluding hydrogens is 270 g/mol. The molecule has 0 amide bonds. The van der Waals surface area contributed by atoms with Crippen molar-refractivity contribution in [2.75, 3.05) is 12.4 Å². The first kappa shape index (κ1) is 14.0. The molecule has 0 aromatic carbocycles. The van der Waals surface area contributed by atoms with Crippen LogP contribution in [-0.2, 0) is 4.74 Å². The van der Waals surface area contributed by atoms with Gasteiger partial charge in [-0.1, -0.05) is 11.6 Å². The second kappa shape index (κ2) is 6.16. The summed E-state index contributed by atoms with van der Waals surface area (Å²) in [5.41, 5.74) is 0.151. The first-order valence-corrected chi connectivity index (χ1v) is 6.53. The zero-order valence-corrected chi connectivity index (χ0v) is 11.4. The molecule has 1 aliphatic rings. The topological polar surface area (TPSA) is 84.3 Å². The van der Waals surface area contributed by atoms with Gasteiger partial charge in [0.1, 0.15) is 22.9 Å². The van der Waals surface area contributed by atoms with Crippen LogP contribution in [0.5, 0.6) is 0 Å². The second-order valence-electron chi connectivity index (χ2n) is 4.53. The largest absolute Gasteiger partial charge is 0.465 e. The summed E-state index contributed by atoms with van der Waals surface area (Å²) in [5.74, 6) is -0.183. The molecule has 0 saturated heterocycles. The van der Waals surface area contributed by atoms with E-state index in [0.29, 0.717) is 5.82 Å². The predicted octanol–water partition coefficient (Wildman–Crippen LogP) is 1.63. The smallest absolute Gasteiger partial charge is 0.344 e. The van der Waals surface area contributed by atoms with Crippen LogP contribution in [0.25, 0.3) is 0 Å². The van der Waals surface area contributed by atoms with Gasteiger partial charge in [-0.15, -0.1) is 0 Å². The number of hydrogen-bond acceptors (Lipinski definition) is 6. The van der Waals surface area contributed by atoms with E-state index in [9.17, 15) is 9.90 Å². The molecule has 0 bridgehead atoms. The lowest BCUT2D eigenvalue weighted by Gasteiger charge is -2.27. The van der Waals surface area contributed by atoms with Gasteiger partial charge in [0.05, 0.1) is 13.2 Å². The van der Waals surface area contributed by atoms with Crippen molar-refractivity contribution in [2.24, 2.45) is 0 Å². The molecule has 19 heavy (non-hydrogen) atoms. The van der Waals surface area contributed by atoms with Crippen LogP contribution in [0.4, 0.5) is 5.82 Å². The van der Waals surface area contributed by atoms with Crippen LogP contribution in [0, 0.1) is 0 Å². The van der Waals surface area contributed by atoms with E-state index in [1.807, 2.05) is 0 Å². The SMILES string of the molecule is COC(=O)c1c(Cl)ncnc1NC1CCC(O)CC1. The fourth-order valence-electron chi connectivity index (χ4n) is 2.17. The molecule has 1 aromatic heterocycles. The number of ether oxygens (including phenoxy) is 1. The number of nitrogens with one attached hydrogen (secondary N) is 1. The molecule has 0 radical (unpaired) electrons. The number of carbonyl (C=O) groups is 1. The zero-order valence-electron chi connectivity index (χ0n) is 10.6. The van der Waals surface area contributed by atoms with E-state index in [4.69, 9.17) is 11.6 Å². The lowest BCUT2D eigenvalue weighted by molar-refractivity contribution is 0.0601. The minimum absolute atomic E-state index is 0.0696. The fourth-order valence-corrected chi connectivity index (χ4v) is 2.38. The van der Waals surface area contributed by atoms with E-state index >= 15 is 0 Å². The molecule has 0 aliphatic heterocycles. The Kier molecular flexibility index (Phi) is 4.55. The maximum absolute atomic E-state index is 11.7. The first-order valence-electron chi connectivity index (χ1n) is 6.15. The number of nitrogens with zero attached hydrogens (tertiary/aromatic N) is 2. The normalized spacial score (nSPS) is 22.9. The number of aliphatic hydroxyl groups is 1. The van der Waals surface area contributed by atoms with Crippen LogP contribution in [-0.4, -0.2) is 40.3 Å². The highest BCUT2D eigenvalue weighted by Gasteiger charge is 2.24. The molecule has 1 saturated carbocycles. The highest BCUT2D eigenvalue weighted by Crippen LogP contribution is 2.25. The molecule has 0 spiro atoms. The molecule has 1 aromatic rings. The Morgan fingerprint density at radius 2 is 2.11 bits per heavy atom. The molecule has 104 valence electrons. The van der Waals surface area contributed by atoms with E-state index in [1.54, 1.807) is 0 Å². The monoisotopic (exact) mass is 285 g/mol. The van der Waals surface area contributed by atoms with Crippen molar-refractivity contribution in [3.63, 3.8) is 0 Å². The predicted molar refractivity (Wildman–Crippen MR) is 70.3 cm³/mol. The molecule has 6 nitrogen and oxygen atoms in total. The first-order chi connectivity index (χ1) is 9.11. The lowest BCUT2D eigenvalue weighted by atomic mass is 9.93. The quantitative estimate of drug-likeness (QED) is 0.649. The zero-order chi connectivity index (χ0) is 13.8. The summed E-state index contributed by atoms with van der Waals surface area (Å²) in [7, 11) is 1.28. The Labute approximate surface area is 116 Å². The molecule has 7 heteroatoms. The van der Waals surface area contributed by atoms with Crippen molar-refractivity contribution < 1.29 is 14.6 Å². The van der Waals surface area contributed by atoms with Gasteiger partial charge in [0, 0.05) is 6.04 Å². The van der Waals surface area contributed by atoms with Crippen molar-refractivity contribution in [3.8, 4) is 0 Å². The van der Waals surface area contributed by atoms with Crippen molar-refractivity contribution >= 4 is 23.4 Å². The van der Waals surface area contributed by atoms with E-state index in [1.165, 1.54) is 13.4 Å². The molecule has 0 unspecified atom stereocenters. The average Bonchev–Trinajstić information content (AvgIpc) is 2.41. The van der Waals surface area contributed by atoms with Crippen LogP contribution < -0.4 is 5.32 Å². The van der Waals surface area contributed by atoms with Gasteiger partial charge >= 0.3 is 5.97 Å². The van der Waals surface area contributed by atoms with E-state index in [2.05, 4.69) is 20.0 Å². The lowest BCUT2D eigenvalue weighted by Crippen LogP contribution is -2.29. The van der Waals surface area contributed by atoms with Gasteiger partial charge < -0.3 is 15.2 Å². The van der Waals surface area contributed by atoms with Crippen molar-refractivity contribution in [1.82, 2.24) is 9.97 Å². The fraction of sp³-hybridized carbons (Fsp3) is 0.583. The molecule has 1 aliphatic carbocycles. The van der Waals surface area contributed by atoms with Gasteiger partial charge in [0.15, 0.2) is 0 Å². The Morgan fingerprint density at radius 3 is 2.74 bits per heavy atom. The summed E-state index contributed by atoms with van der Waals surface area (Å²) in [4.78, 5) is 19.5. The summed E-state index contributed by atoms with van der Waals surface area (Å²) in [6.45, 7) is 0. The molecule has 2 rings (SSSR count). The van der Waals surface area contributed by atoms with E-state index in [-0.39, 0.29) is 22.9 Å². The number of aromatic nitrogens is 2. The number of methoxy groups -OCH3 is 1. The van der Waals surface area contributed by atoms with Crippen LogP contribution in [0.15, 0.2) is 6.33 Å². The van der Waals surface area contributed by atoms with E-state index in [0.717, 1.165) is 25.7 Å². The minimum atomic E-state index is -0.566. The highest BCUT2D eigenvalue weighted by molar-refractivity contribution is 6.33. The van der Waals surface area contributed by atoms with Crippen molar-refractivity contribution in [1.29, 1.82) is 0 Å². The van der Waals surface area contributed by atoms with Gasteiger partial charge in [-0.05, 0) is 25.7 Å². The van der Waals surface area contributed by atoms with Gasteiger partial charge in [-0.2, -0.15) is 0 Å². The van der Waals surface area contributed by atoms with E-state index < -0.39 is 5.97 Å². The number of rotatable bonds is 3. The number of hydrogen-bond donors (Lipinski definition) is 2. The molecule has 2 N–H and O–H groups in total. The Balaban J connectivity index is 2.16. The van der Waals surface area contributed by atoms with Gasteiger partial charge in [-0.25, -0.2) is 14.8 Å². The minimum Gasteiger partial charge on any atom is -0.465 e. The third-order valence-electron chi connectivity index (χ3n) is 3.23. The summed E-state index contributed by atoms with van der Waals surface area (Å²) >= 11 is 5.91. The van der Waals surface area contributed by atoms with Crippen LogP contribution in [0.1, 0.15) is 36.0 Å². The maximum atomic E-state index is 11.7. The maximum Gasteiger partial charge on any atom is 0.344 e. The number of carbonyl (C=O) groups excluding carboxylic acids is 1. The van der Waals surface area contributed by atoms with Gasteiger partial charge in [0.2, 0.25) is 0 Å². The number of halogens is 1. The Hall–Kier alpha value is -1.40. The standard InChI is InChI=1S/C12H16ClN3O3/c1-19-12(18)9-10(13)14-6-15-11(9)16-7-2-4-8(17)5-3-7/h6-8,17H,2-5H2,1H3,(H,14,15,16). The van der Waals surface area contributed by atoms with Gasteiger partial charge in [0.25, 0.3) is 0 Å². The van der Waals surface area contributed by atoms with Crippen LogP contribution in [0.3, 0.4) is 0 Å². The summed E-state index contributed by atoms with van der Waals surface area (Å²) in [6.07, 6.45) is 4.20. The molecule has 1 heterocycles. The average molecular weight is 286 g/mol. The third kappa shape index (κ3) is 3.33. The van der Waals surface area contributed by atoms with Crippen LogP contribution >= 0.6 is 11.6 Å². The Bertz CT molecular complexity index is 462. The molecule has 0 atom stereocenters. The van der Waals surface area contributed by atoms with Crippen molar-refractivity contribution in [2.45, 2.75) is 37.8 Å². The summed E-state index contributed by atoms with van der Waals surface area (Å²) in [6, 6.07) is 0.165. The highest BCUT2D eigenvalue weighted by atomic mass is 35.5. The third-order valence-corrected chi connectivity index (χ3v) is 3.51.